The first-order valence-electron chi connectivity index (χ1n) is 5.02. The van der Waals surface area contributed by atoms with Crippen LogP contribution in [0.25, 0.3) is 0 Å². The molecule has 0 aromatic heterocycles. The lowest BCUT2D eigenvalue weighted by Gasteiger charge is -2.04. The highest BCUT2D eigenvalue weighted by Gasteiger charge is 2.21. The molecular formula is C11H20O2. The Kier molecular flexibility index (Phi) is 4.46. The van der Waals surface area contributed by atoms with Crippen LogP contribution < -0.4 is 0 Å². The van der Waals surface area contributed by atoms with Crippen molar-refractivity contribution in [2.45, 2.75) is 39.7 Å². The van der Waals surface area contributed by atoms with E-state index in [0.29, 0.717) is 6.10 Å². The van der Waals surface area contributed by atoms with E-state index >= 15 is 0 Å². The third-order valence-electron chi connectivity index (χ3n) is 2.40. The maximum atomic E-state index is 5.44. The molecule has 1 rings (SSSR count). The van der Waals surface area contributed by atoms with E-state index in [0.717, 1.165) is 32.7 Å². The summed E-state index contributed by atoms with van der Waals surface area (Å²) >= 11 is 0. The molecule has 0 aromatic carbocycles. The van der Waals surface area contributed by atoms with Crippen molar-refractivity contribution >= 4 is 0 Å². The van der Waals surface area contributed by atoms with Gasteiger partial charge in [-0.3, -0.25) is 0 Å². The van der Waals surface area contributed by atoms with Gasteiger partial charge < -0.3 is 9.47 Å². The summed E-state index contributed by atoms with van der Waals surface area (Å²) in [7, 11) is 0. The Bertz CT molecular complexity index is 177. The number of epoxide rings is 1. The molecule has 1 saturated heterocycles. The average Bonchev–Trinajstić information content (AvgIpc) is 2.87. The summed E-state index contributed by atoms with van der Waals surface area (Å²) in [5, 5.41) is 0. The predicted molar refractivity (Wildman–Crippen MR) is 53.8 cm³/mol. The van der Waals surface area contributed by atoms with Gasteiger partial charge >= 0.3 is 0 Å². The van der Waals surface area contributed by atoms with Crippen LogP contribution in [-0.4, -0.2) is 25.9 Å². The molecule has 0 aromatic rings. The highest BCUT2D eigenvalue weighted by Crippen LogP contribution is 2.11. The van der Waals surface area contributed by atoms with Crippen molar-refractivity contribution in [3.05, 3.63) is 11.1 Å². The highest BCUT2D eigenvalue weighted by molar-refractivity contribution is 5.06. The Balaban J connectivity index is 1.90. The minimum atomic E-state index is 0.407. The van der Waals surface area contributed by atoms with E-state index in [9.17, 15) is 0 Å². The summed E-state index contributed by atoms with van der Waals surface area (Å²) in [5.41, 5.74) is 2.93. The second kappa shape index (κ2) is 5.40. The normalized spacial score (nSPS) is 20.1. The zero-order valence-electron chi connectivity index (χ0n) is 8.93. The van der Waals surface area contributed by atoms with Crippen LogP contribution in [0, 0.1) is 0 Å². The Labute approximate surface area is 80.9 Å². The Morgan fingerprint density at radius 3 is 2.62 bits per heavy atom. The van der Waals surface area contributed by atoms with Gasteiger partial charge in [0, 0.05) is 6.61 Å². The number of allylic oxidation sites excluding steroid dienone is 2. The van der Waals surface area contributed by atoms with E-state index < -0.39 is 0 Å². The smallest absolute Gasteiger partial charge is 0.104 e. The SMILES string of the molecule is CC(C)=C(C)CCCOCC1CO1. The van der Waals surface area contributed by atoms with Gasteiger partial charge in [-0.1, -0.05) is 11.1 Å². The highest BCUT2D eigenvalue weighted by atomic mass is 16.6. The van der Waals surface area contributed by atoms with E-state index in [2.05, 4.69) is 20.8 Å². The standard InChI is InChI=1S/C11H20O2/c1-9(2)10(3)5-4-6-12-7-11-8-13-11/h11H,4-8H2,1-3H3. The summed E-state index contributed by atoms with van der Waals surface area (Å²) in [5.74, 6) is 0. The minimum Gasteiger partial charge on any atom is -0.379 e. The largest absolute Gasteiger partial charge is 0.379 e. The summed E-state index contributed by atoms with van der Waals surface area (Å²) in [6.07, 6.45) is 2.70. The van der Waals surface area contributed by atoms with E-state index in [-0.39, 0.29) is 0 Å². The molecule has 0 N–H and O–H groups in total. The van der Waals surface area contributed by atoms with Crippen molar-refractivity contribution in [1.29, 1.82) is 0 Å². The number of hydrogen-bond acceptors (Lipinski definition) is 2. The van der Waals surface area contributed by atoms with Gasteiger partial charge in [0.25, 0.3) is 0 Å². The molecule has 1 aliphatic rings. The van der Waals surface area contributed by atoms with Gasteiger partial charge in [-0.25, -0.2) is 0 Å². The van der Waals surface area contributed by atoms with Gasteiger partial charge in [0.05, 0.1) is 13.2 Å². The molecule has 1 unspecified atom stereocenters. The van der Waals surface area contributed by atoms with Crippen molar-refractivity contribution in [3.8, 4) is 0 Å². The van der Waals surface area contributed by atoms with Gasteiger partial charge in [0.1, 0.15) is 6.10 Å². The molecule has 0 saturated carbocycles. The van der Waals surface area contributed by atoms with Crippen LogP contribution >= 0.6 is 0 Å². The molecule has 0 aliphatic carbocycles. The van der Waals surface area contributed by atoms with Crippen molar-refractivity contribution in [2.75, 3.05) is 19.8 Å². The van der Waals surface area contributed by atoms with Crippen LogP contribution in [-0.2, 0) is 9.47 Å². The first kappa shape index (κ1) is 10.7. The lowest BCUT2D eigenvalue weighted by Crippen LogP contribution is -2.02. The molecule has 0 amide bonds. The quantitative estimate of drug-likeness (QED) is 0.359. The lowest BCUT2D eigenvalue weighted by molar-refractivity contribution is 0.114. The van der Waals surface area contributed by atoms with Crippen LogP contribution in [0.4, 0.5) is 0 Å². The van der Waals surface area contributed by atoms with Gasteiger partial charge in [0.15, 0.2) is 0 Å². The molecule has 0 bridgehead atoms. The number of rotatable bonds is 6. The summed E-state index contributed by atoms with van der Waals surface area (Å²) in [4.78, 5) is 0. The average molecular weight is 184 g/mol. The van der Waals surface area contributed by atoms with Gasteiger partial charge in [-0.05, 0) is 33.6 Å². The first-order chi connectivity index (χ1) is 6.20. The summed E-state index contributed by atoms with van der Waals surface area (Å²) in [6.45, 7) is 9.06. The molecule has 1 atom stereocenters. The van der Waals surface area contributed by atoms with Crippen LogP contribution in [0.3, 0.4) is 0 Å². The molecule has 2 nitrogen and oxygen atoms in total. The Morgan fingerprint density at radius 1 is 1.38 bits per heavy atom. The predicted octanol–water partition coefficient (Wildman–Crippen LogP) is 2.54. The van der Waals surface area contributed by atoms with Crippen LogP contribution in [0.15, 0.2) is 11.1 Å². The van der Waals surface area contributed by atoms with E-state index in [1.54, 1.807) is 0 Å². The van der Waals surface area contributed by atoms with Crippen molar-refractivity contribution in [1.82, 2.24) is 0 Å². The minimum absolute atomic E-state index is 0.407. The fourth-order valence-electron chi connectivity index (χ4n) is 1.07. The van der Waals surface area contributed by atoms with Gasteiger partial charge in [-0.2, -0.15) is 0 Å². The zero-order chi connectivity index (χ0) is 9.68. The zero-order valence-corrected chi connectivity index (χ0v) is 8.93. The molecule has 1 fully saturated rings. The van der Waals surface area contributed by atoms with E-state index in [1.165, 1.54) is 11.1 Å². The Morgan fingerprint density at radius 2 is 2.08 bits per heavy atom. The molecule has 2 heteroatoms. The molecule has 1 aliphatic heterocycles. The maximum absolute atomic E-state index is 5.44. The second-order valence-electron chi connectivity index (χ2n) is 3.91. The van der Waals surface area contributed by atoms with Crippen LogP contribution in [0.5, 0.6) is 0 Å². The van der Waals surface area contributed by atoms with Crippen LogP contribution in [0.1, 0.15) is 33.6 Å². The number of ether oxygens (including phenoxy) is 2. The molecule has 0 spiro atoms. The summed E-state index contributed by atoms with van der Waals surface area (Å²) < 4.78 is 10.5. The fourth-order valence-corrected chi connectivity index (χ4v) is 1.07. The number of hydrogen-bond donors (Lipinski definition) is 0. The van der Waals surface area contributed by atoms with Gasteiger partial charge in [0.2, 0.25) is 0 Å². The monoisotopic (exact) mass is 184 g/mol. The third kappa shape index (κ3) is 5.06. The van der Waals surface area contributed by atoms with E-state index in [4.69, 9.17) is 9.47 Å². The first-order valence-corrected chi connectivity index (χ1v) is 5.02. The molecule has 1 heterocycles. The van der Waals surface area contributed by atoms with Crippen molar-refractivity contribution in [3.63, 3.8) is 0 Å². The van der Waals surface area contributed by atoms with Crippen molar-refractivity contribution < 1.29 is 9.47 Å². The third-order valence-corrected chi connectivity index (χ3v) is 2.40. The topological polar surface area (TPSA) is 21.8 Å². The van der Waals surface area contributed by atoms with Crippen molar-refractivity contribution in [2.24, 2.45) is 0 Å². The molecule has 76 valence electrons. The van der Waals surface area contributed by atoms with Gasteiger partial charge in [-0.15, -0.1) is 0 Å². The molecule has 0 radical (unpaired) electrons. The van der Waals surface area contributed by atoms with Crippen LogP contribution in [0.2, 0.25) is 0 Å². The molecular weight excluding hydrogens is 164 g/mol. The van der Waals surface area contributed by atoms with E-state index in [1.807, 2.05) is 0 Å². The molecule has 13 heavy (non-hydrogen) atoms. The fraction of sp³-hybridized carbons (Fsp3) is 0.818. The lowest BCUT2D eigenvalue weighted by atomic mass is 10.1. The Hall–Kier alpha value is -0.340. The summed E-state index contributed by atoms with van der Waals surface area (Å²) in [6, 6.07) is 0. The second-order valence-corrected chi connectivity index (χ2v) is 3.91. The maximum Gasteiger partial charge on any atom is 0.104 e.